The maximum atomic E-state index is 12.7. The summed E-state index contributed by atoms with van der Waals surface area (Å²) >= 11 is 18.1. The Balaban J connectivity index is 0.000000176. The van der Waals surface area contributed by atoms with Crippen LogP contribution in [0.3, 0.4) is 0 Å². The van der Waals surface area contributed by atoms with Gasteiger partial charge in [-0.3, -0.25) is 25.1 Å². The highest BCUT2D eigenvalue weighted by atomic mass is 35.5. The van der Waals surface area contributed by atoms with Gasteiger partial charge in [0.2, 0.25) is 5.88 Å². The van der Waals surface area contributed by atoms with Gasteiger partial charge in [-0.25, -0.2) is 9.48 Å². The molecular formula is C40H39Cl3N4O4. The molecule has 0 amide bonds. The van der Waals surface area contributed by atoms with Crippen LogP contribution in [0.2, 0.25) is 10.0 Å². The third-order valence-electron chi connectivity index (χ3n) is 8.84. The van der Waals surface area contributed by atoms with E-state index in [1.54, 1.807) is 34.4 Å². The Hall–Kier alpha value is -4.40. The van der Waals surface area contributed by atoms with Crippen LogP contribution in [-0.2, 0) is 22.7 Å². The van der Waals surface area contributed by atoms with Crippen LogP contribution in [0.1, 0.15) is 40.7 Å². The molecule has 4 aromatic carbocycles. The fourth-order valence-corrected chi connectivity index (χ4v) is 6.91. The van der Waals surface area contributed by atoms with Crippen molar-refractivity contribution in [2.24, 2.45) is 0 Å². The second kappa shape index (κ2) is 16.7. The molecule has 3 N–H and O–H groups in total. The fourth-order valence-electron chi connectivity index (χ4n) is 6.14. The highest BCUT2D eigenvalue weighted by Gasteiger charge is 2.25. The Morgan fingerprint density at radius 1 is 0.725 bits per heavy atom. The molecule has 0 spiro atoms. The molecule has 8 nitrogen and oxygen atoms in total. The number of benzene rings is 4. The van der Waals surface area contributed by atoms with Crippen LogP contribution < -0.4 is 16.4 Å². The van der Waals surface area contributed by atoms with E-state index in [9.17, 15) is 19.5 Å². The van der Waals surface area contributed by atoms with E-state index in [1.807, 2.05) is 81.4 Å². The number of nitrogens with one attached hydrogen (secondary N) is 2. The topological polar surface area (TPSA) is 105 Å². The number of fused-ring (bicyclic) bond motifs is 1. The summed E-state index contributed by atoms with van der Waals surface area (Å²) in [5.74, 6) is 1.60. The first-order valence-corrected chi connectivity index (χ1v) is 17.7. The molecule has 0 bridgehead atoms. The van der Waals surface area contributed by atoms with Crippen molar-refractivity contribution < 1.29 is 14.7 Å². The van der Waals surface area contributed by atoms with Crippen molar-refractivity contribution in [2.45, 2.75) is 53.6 Å². The Kier molecular flexibility index (Phi) is 12.4. The van der Waals surface area contributed by atoms with E-state index in [1.165, 1.54) is 12.0 Å². The maximum absolute atomic E-state index is 12.7. The van der Waals surface area contributed by atoms with Gasteiger partial charge in [0.15, 0.2) is 0 Å². The minimum absolute atomic E-state index is 0.0322. The Morgan fingerprint density at radius 2 is 1.31 bits per heavy atom. The Bertz CT molecular complexity index is 2150. The van der Waals surface area contributed by atoms with Gasteiger partial charge in [-0.15, -0.1) is 0 Å². The van der Waals surface area contributed by atoms with Gasteiger partial charge in [-0.1, -0.05) is 88.9 Å². The molecule has 1 saturated heterocycles. The number of carbonyl (C=O) groups excluding carboxylic acids is 2. The largest absolute Gasteiger partial charge is 0.493 e. The summed E-state index contributed by atoms with van der Waals surface area (Å²) < 4.78 is 3.25. The molecule has 0 atom stereocenters. The molecule has 3 heterocycles. The molecule has 5 aromatic rings. The quantitative estimate of drug-likeness (QED) is 0.0948. The van der Waals surface area contributed by atoms with E-state index in [0.29, 0.717) is 45.4 Å². The Morgan fingerprint density at radius 3 is 1.82 bits per heavy atom. The minimum Gasteiger partial charge on any atom is -0.493 e. The lowest BCUT2D eigenvalue weighted by Gasteiger charge is -2.11. The molecule has 0 unspecified atom stereocenters. The summed E-state index contributed by atoms with van der Waals surface area (Å²) in [6.07, 6.45) is 2.15. The smallest absolute Gasteiger partial charge is 0.278 e. The first-order valence-electron chi connectivity index (χ1n) is 16.6. The van der Waals surface area contributed by atoms with Gasteiger partial charge in [-0.2, -0.15) is 0 Å². The van der Waals surface area contributed by atoms with Gasteiger partial charge in [0, 0.05) is 42.3 Å². The molecule has 0 saturated carbocycles. The van der Waals surface area contributed by atoms with Crippen LogP contribution in [-0.4, -0.2) is 38.7 Å². The molecule has 7 rings (SSSR count). The number of hydrogen-bond donors (Lipinski definition) is 3. The van der Waals surface area contributed by atoms with Gasteiger partial charge in [0.1, 0.15) is 17.1 Å². The van der Waals surface area contributed by atoms with Crippen molar-refractivity contribution in [3.63, 3.8) is 0 Å². The van der Waals surface area contributed by atoms with E-state index in [2.05, 4.69) is 10.9 Å². The van der Waals surface area contributed by atoms with Gasteiger partial charge >= 0.3 is 0 Å². The van der Waals surface area contributed by atoms with E-state index in [-0.39, 0.29) is 17.0 Å². The first-order chi connectivity index (χ1) is 24.4. The molecule has 264 valence electrons. The van der Waals surface area contributed by atoms with Crippen LogP contribution in [0.5, 0.6) is 5.88 Å². The number of allylic oxidation sites excluding steroid dienone is 1. The number of carbonyl (C=O) groups is 1. The normalized spacial score (nSPS) is 13.0. The summed E-state index contributed by atoms with van der Waals surface area (Å²) in [5, 5.41) is 10.5. The zero-order valence-corrected chi connectivity index (χ0v) is 31.1. The van der Waals surface area contributed by atoms with E-state index >= 15 is 0 Å². The lowest BCUT2D eigenvalue weighted by atomic mass is 9.96. The summed E-state index contributed by atoms with van der Waals surface area (Å²) in [7, 11) is 0. The van der Waals surface area contributed by atoms with E-state index in [4.69, 9.17) is 34.8 Å². The summed E-state index contributed by atoms with van der Waals surface area (Å²) in [5.41, 5.74) is 14.8. The number of hydrazine groups is 1. The number of aryl methyl sites for hydroxylation is 4. The second-order valence-corrected chi connectivity index (χ2v) is 13.7. The SMILES string of the molecule is C1CNNC1.Cc1ccc(-c2cc(C)c(-c3c(O)n4n(c3=O)CCC4)cc2Cl)cc1.Cc1ccc(-c2cc(C)c(C(=C=O)C(=O)Cl)c(Cl)c2)cc1. The number of halogens is 3. The Labute approximate surface area is 312 Å². The van der Waals surface area contributed by atoms with Crippen LogP contribution in [0.15, 0.2) is 77.6 Å². The maximum Gasteiger partial charge on any atom is 0.278 e. The van der Waals surface area contributed by atoms with Crippen LogP contribution in [0.4, 0.5) is 0 Å². The molecule has 1 fully saturated rings. The third-order valence-corrected chi connectivity index (χ3v) is 9.64. The zero-order valence-electron chi connectivity index (χ0n) is 28.9. The molecular weight excluding hydrogens is 707 g/mol. The van der Waals surface area contributed by atoms with Gasteiger partial charge < -0.3 is 5.11 Å². The predicted molar refractivity (Wildman–Crippen MR) is 207 cm³/mol. The van der Waals surface area contributed by atoms with Crippen molar-refractivity contribution in [3.8, 4) is 39.3 Å². The lowest BCUT2D eigenvalue weighted by molar-refractivity contribution is -0.106. The number of hydrogen-bond acceptors (Lipinski definition) is 6. The molecule has 0 radical (unpaired) electrons. The van der Waals surface area contributed by atoms with Crippen molar-refractivity contribution in [1.29, 1.82) is 0 Å². The number of nitrogens with zero attached hydrogens (tertiary/aromatic N) is 2. The zero-order chi connectivity index (χ0) is 36.8. The number of aromatic nitrogens is 2. The molecule has 2 aliphatic heterocycles. The van der Waals surface area contributed by atoms with Gasteiger partial charge in [0.25, 0.3) is 10.8 Å². The first kappa shape index (κ1) is 37.8. The third kappa shape index (κ3) is 8.57. The summed E-state index contributed by atoms with van der Waals surface area (Å²) in [6, 6.07) is 23.5. The summed E-state index contributed by atoms with van der Waals surface area (Å²) in [4.78, 5) is 34.9. The van der Waals surface area contributed by atoms with Crippen molar-refractivity contribution in [1.82, 2.24) is 20.2 Å². The standard InChI is InChI=1S/C20H19ClN2O2.C17H12Cl2O2.C3H8N2/c1-12-4-6-14(7-5-12)16-10-13(2)15(11-17(16)21)18-19(24)22-8-3-9-23(22)20(18)25;1-10-3-5-12(6-4-10)13-7-11(2)16(15(18)8-13)14(9-20)17(19)21;1-2-4-5-3-1/h4-7,10-11,24H,3,8-9H2,1-2H3;3-8H,1-2H3;4-5H,1-3H2. The molecule has 11 heteroatoms. The highest BCUT2D eigenvalue weighted by molar-refractivity contribution is 6.76. The fraction of sp³-hybridized carbons (Fsp3) is 0.250. The monoisotopic (exact) mass is 744 g/mol. The van der Waals surface area contributed by atoms with Crippen molar-refractivity contribution >= 4 is 51.6 Å². The average Bonchev–Trinajstić information content (AvgIpc) is 3.88. The molecule has 51 heavy (non-hydrogen) atoms. The molecule has 1 aromatic heterocycles. The van der Waals surface area contributed by atoms with Gasteiger partial charge in [-0.05, 0) is 104 Å². The van der Waals surface area contributed by atoms with Crippen LogP contribution >= 0.6 is 34.8 Å². The van der Waals surface area contributed by atoms with Gasteiger partial charge in [0.05, 0.1) is 5.02 Å². The van der Waals surface area contributed by atoms with E-state index in [0.717, 1.165) is 52.9 Å². The number of rotatable bonds is 5. The predicted octanol–water partition coefficient (Wildman–Crippen LogP) is 8.45. The number of aromatic hydroxyl groups is 1. The summed E-state index contributed by atoms with van der Waals surface area (Å²) in [6.45, 7) is 11.3. The molecule has 0 aliphatic carbocycles. The van der Waals surface area contributed by atoms with Crippen LogP contribution in [0, 0.1) is 27.7 Å². The van der Waals surface area contributed by atoms with Crippen molar-refractivity contribution in [3.05, 3.63) is 121 Å². The van der Waals surface area contributed by atoms with E-state index < -0.39 is 5.24 Å². The second-order valence-electron chi connectivity index (χ2n) is 12.6. The van der Waals surface area contributed by atoms with Crippen LogP contribution in [0.25, 0.3) is 39.0 Å². The minimum atomic E-state index is -0.863. The highest BCUT2D eigenvalue weighted by Crippen LogP contribution is 2.38. The molecule has 2 aliphatic rings. The van der Waals surface area contributed by atoms with Crippen molar-refractivity contribution in [2.75, 3.05) is 13.1 Å². The average molecular weight is 746 g/mol. The lowest BCUT2D eigenvalue weighted by Crippen LogP contribution is -2.21.